The minimum Gasteiger partial charge on any atom is -0.194 e. The zero-order valence-electron chi connectivity index (χ0n) is 13.1. The fourth-order valence-electron chi connectivity index (χ4n) is 1.95. The summed E-state index contributed by atoms with van der Waals surface area (Å²) in [5.74, 6) is -19.3. The average Bonchev–Trinajstić information content (AvgIpc) is 2.35. The van der Waals surface area contributed by atoms with Gasteiger partial charge in [-0.3, -0.25) is 0 Å². The summed E-state index contributed by atoms with van der Waals surface area (Å²) in [6.45, 7) is 5.89. The Labute approximate surface area is 132 Å². The Morgan fingerprint density at radius 2 is 1.04 bits per heavy atom. The molecule has 0 bridgehead atoms. The minimum atomic E-state index is -6.89. The van der Waals surface area contributed by atoms with Crippen molar-refractivity contribution in [1.82, 2.24) is 0 Å². The van der Waals surface area contributed by atoms with Crippen LogP contribution in [-0.4, -0.2) is 18.0 Å². The number of benzene rings is 1. The maximum absolute atomic E-state index is 14.0. The molecule has 0 radical (unpaired) electrons. The summed E-state index contributed by atoms with van der Waals surface area (Å²) in [6.07, 6.45) is -6.82. The summed E-state index contributed by atoms with van der Waals surface area (Å²) in [5, 5.41) is 0. The van der Waals surface area contributed by atoms with Gasteiger partial charge in [-0.2, -0.15) is 39.5 Å². The molecule has 0 aromatic heterocycles. The maximum Gasteiger partial charge on any atom is 0.460 e. The van der Waals surface area contributed by atoms with Gasteiger partial charge in [-0.1, -0.05) is 32.4 Å². The molecular weight excluding hydrogens is 351 g/mol. The largest absolute Gasteiger partial charge is 0.460 e. The van der Waals surface area contributed by atoms with Crippen molar-refractivity contribution in [2.24, 2.45) is 0 Å². The van der Waals surface area contributed by atoms with E-state index in [2.05, 4.69) is 0 Å². The fourth-order valence-corrected chi connectivity index (χ4v) is 1.95. The van der Waals surface area contributed by atoms with E-state index in [-0.39, 0.29) is 11.1 Å². The van der Waals surface area contributed by atoms with E-state index in [0.717, 1.165) is 0 Å². The zero-order chi connectivity index (χ0) is 19.4. The molecule has 0 fully saturated rings. The van der Waals surface area contributed by atoms with Crippen LogP contribution in [0.3, 0.4) is 0 Å². The van der Waals surface area contributed by atoms with Crippen molar-refractivity contribution in [3.05, 3.63) is 34.9 Å². The Hall–Kier alpha value is -1.41. The van der Waals surface area contributed by atoms with Gasteiger partial charge < -0.3 is 0 Å². The predicted octanol–water partition coefficient (Wildman–Crippen LogP) is 6.22. The van der Waals surface area contributed by atoms with Crippen molar-refractivity contribution in [3.63, 3.8) is 0 Å². The fraction of sp³-hybridized carbons (Fsp3) is 0.600. The van der Waals surface area contributed by atoms with E-state index >= 15 is 0 Å². The van der Waals surface area contributed by atoms with E-state index in [1.165, 1.54) is 13.0 Å². The molecule has 0 saturated carbocycles. The summed E-state index contributed by atoms with van der Waals surface area (Å²) in [5.41, 5.74) is -2.27. The van der Waals surface area contributed by atoms with Crippen LogP contribution in [-0.2, 0) is 11.3 Å². The lowest BCUT2D eigenvalue weighted by Crippen LogP contribution is -2.59. The molecule has 0 nitrogen and oxygen atoms in total. The third-order valence-corrected chi connectivity index (χ3v) is 3.45. The molecule has 1 aromatic rings. The molecule has 0 aliphatic heterocycles. The van der Waals surface area contributed by atoms with Gasteiger partial charge in [-0.25, -0.2) is 0 Å². The van der Waals surface area contributed by atoms with Crippen molar-refractivity contribution in [1.29, 1.82) is 0 Å². The molecule has 0 N–H and O–H groups in total. The quantitative estimate of drug-likeness (QED) is 0.558. The Balaban J connectivity index is 3.57. The van der Waals surface area contributed by atoms with Crippen LogP contribution in [0.2, 0.25) is 0 Å². The SMILES string of the molecule is Cc1cc(C(C)(C)C)cc(C(F)(F)C(F)(F)C(F)(F)C(F)(F)F)c1. The second-order valence-electron chi connectivity index (χ2n) is 6.56. The van der Waals surface area contributed by atoms with Gasteiger partial charge in [0.2, 0.25) is 0 Å². The number of hydrogen-bond acceptors (Lipinski definition) is 0. The van der Waals surface area contributed by atoms with Crippen LogP contribution in [0.15, 0.2) is 18.2 Å². The Morgan fingerprint density at radius 1 is 0.625 bits per heavy atom. The van der Waals surface area contributed by atoms with E-state index in [1.807, 2.05) is 0 Å². The van der Waals surface area contributed by atoms with Crippen molar-refractivity contribution in [2.75, 3.05) is 0 Å². The van der Waals surface area contributed by atoms with Gasteiger partial charge in [0.25, 0.3) is 0 Å². The highest BCUT2D eigenvalue weighted by atomic mass is 19.4. The number of alkyl halides is 9. The summed E-state index contributed by atoms with van der Waals surface area (Å²) in [6, 6.07) is 2.35. The molecule has 0 saturated heterocycles. The first-order chi connectivity index (χ1) is 10.4. The van der Waals surface area contributed by atoms with Gasteiger partial charge in [0, 0.05) is 5.56 Å². The third-order valence-electron chi connectivity index (χ3n) is 3.45. The van der Waals surface area contributed by atoms with Crippen molar-refractivity contribution in [2.45, 2.75) is 57.1 Å². The highest BCUT2D eigenvalue weighted by Crippen LogP contribution is 2.56. The molecule has 0 aliphatic rings. The lowest BCUT2D eigenvalue weighted by Gasteiger charge is -2.34. The monoisotopic (exact) mass is 366 g/mol. The summed E-state index contributed by atoms with van der Waals surface area (Å²) in [7, 11) is 0. The molecule has 0 spiro atoms. The molecule has 138 valence electrons. The third kappa shape index (κ3) is 3.21. The molecule has 9 heteroatoms. The van der Waals surface area contributed by atoms with Crippen molar-refractivity contribution >= 4 is 0 Å². The number of rotatable bonds is 3. The Morgan fingerprint density at radius 3 is 1.42 bits per heavy atom. The highest BCUT2D eigenvalue weighted by molar-refractivity contribution is 5.37. The van der Waals surface area contributed by atoms with E-state index in [9.17, 15) is 39.5 Å². The summed E-state index contributed by atoms with van der Waals surface area (Å²) < 4.78 is 117. The molecule has 0 amide bonds. The Bertz CT molecular complexity index is 606. The van der Waals surface area contributed by atoms with E-state index in [4.69, 9.17) is 0 Å². The normalized spacial score (nSPS) is 14.9. The van der Waals surface area contributed by atoms with Crippen LogP contribution in [0.25, 0.3) is 0 Å². The summed E-state index contributed by atoms with van der Waals surface area (Å²) in [4.78, 5) is 0. The molecule has 0 heterocycles. The van der Waals surface area contributed by atoms with Gasteiger partial charge in [-0.15, -0.1) is 0 Å². The average molecular weight is 366 g/mol. The molecule has 0 aliphatic carbocycles. The smallest absolute Gasteiger partial charge is 0.194 e. The van der Waals surface area contributed by atoms with Crippen LogP contribution in [0.4, 0.5) is 39.5 Å². The zero-order valence-corrected chi connectivity index (χ0v) is 13.1. The number of aryl methyl sites for hydroxylation is 1. The minimum absolute atomic E-state index is 0.0308. The van der Waals surface area contributed by atoms with E-state index in [0.29, 0.717) is 12.1 Å². The molecule has 0 atom stereocenters. The molecule has 1 rings (SSSR count). The number of hydrogen-bond donors (Lipinski definition) is 0. The predicted molar refractivity (Wildman–Crippen MR) is 69.7 cm³/mol. The van der Waals surface area contributed by atoms with Crippen LogP contribution >= 0.6 is 0 Å². The first kappa shape index (κ1) is 20.6. The van der Waals surface area contributed by atoms with Gasteiger partial charge in [0.1, 0.15) is 0 Å². The second-order valence-corrected chi connectivity index (χ2v) is 6.56. The van der Waals surface area contributed by atoms with Crippen LogP contribution < -0.4 is 0 Å². The lowest BCUT2D eigenvalue weighted by molar-refractivity contribution is -0.399. The second kappa shape index (κ2) is 5.56. The van der Waals surface area contributed by atoms with E-state index < -0.39 is 34.9 Å². The maximum atomic E-state index is 14.0. The topological polar surface area (TPSA) is 0 Å². The van der Waals surface area contributed by atoms with Crippen molar-refractivity contribution in [3.8, 4) is 0 Å². The van der Waals surface area contributed by atoms with Crippen molar-refractivity contribution < 1.29 is 39.5 Å². The first-order valence-electron chi connectivity index (χ1n) is 6.68. The molecular formula is C15H15F9. The van der Waals surface area contributed by atoms with Gasteiger partial charge in [0.05, 0.1) is 0 Å². The van der Waals surface area contributed by atoms with Crippen LogP contribution in [0.5, 0.6) is 0 Å². The Kier molecular flexibility index (Phi) is 4.78. The standard InChI is InChI=1S/C15H15F9/c1-8-5-9(11(2,3)4)7-10(6-8)12(16,17)13(18,19)14(20,21)15(22,23)24/h5-7H,1-4H3. The molecule has 1 aromatic carbocycles. The molecule has 24 heavy (non-hydrogen) atoms. The summed E-state index contributed by atoms with van der Waals surface area (Å²) >= 11 is 0. The van der Waals surface area contributed by atoms with Gasteiger partial charge >= 0.3 is 23.9 Å². The van der Waals surface area contributed by atoms with Gasteiger partial charge in [0.15, 0.2) is 0 Å². The lowest BCUT2D eigenvalue weighted by atomic mass is 9.83. The first-order valence-corrected chi connectivity index (χ1v) is 6.68. The number of halogens is 9. The van der Waals surface area contributed by atoms with E-state index in [1.54, 1.807) is 20.8 Å². The molecule has 0 unspecified atom stereocenters. The van der Waals surface area contributed by atoms with Crippen LogP contribution in [0.1, 0.15) is 37.5 Å². The highest BCUT2D eigenvalue weighted by Gasteiger charge is 2.82. The van der Waals surface area contributed by atoms with Crippen LogP contribution in [0, 0.1) is 6.92 Å². The van der Waals surface area contributed by atoms with Gasteiger partial charge in [-0.05, 0) is 30.0 Å².